The highest BCUT2D eigenvalue weighted by molar-refractivity contribution is 6.08. The van der Waals surface area contributed by atoms with Gasteiger partial charge in [-0.2, -0.15) is 0 Å². The molecule has 180 valence electrons. The molecule has 3 aliphatic rings. The third kappa shape index (κ3) is 4.41. The van der Waals surface area contributed by atoms with Gasteiger partial charge in [-0.25, -0.2) is 4.98 Å². The number of para-hydroxylation sites is 1. The van der Waals surface area contributed by atoms with Gasteiger partial charge in [-0.3, -0.25) is 0 Å². The van der Waals surface area contributed by atoms with Crippen LogP contribution >= 0.6 is 0 Å². The Hall–Kier alpha value is -2.57. The molecule has 3 fully saturated rings. The van der Waals surface area contributed by atoms with Crippen molar-refractivity contribution < 1.29 is 14.2 Å². The van der Waals surface area contributed by atoms with Gasteiger partial charge in [0.2, 0.25) is 0 Å². The molecule has 1 aromatic heterocycles. The molecule has 3 aromatic rings. The lowest BCUT2D eigenvalue weighted by atomic mass is 10.0. The highest BCUT2D eigenvalue weighted by Crippen LogP contribution is 2.40. The molecule has 34 heavy (non-hydrogen) atoms. The Labute approximate surface area is 201 Å². The predicted octanol–water partition coefficient (Wildman–Crippen LogP) is 5.38. The second-order valence-electron chi connectivity index (χ2n) is 10.0. The van der Waals surface area contributed by atoms with Crippen LogP contribution in [0.3, 0.4) is 0 Å². The number of pyridine rings is 1. The van der Waals surface area contributed by atoms with Gasteiger partial charge in [-0.05, 0) is 70.2 Å². The van der Waals surface area contributed by atoms with E-state index < -0.39 is 0 Å². The molecule has 4 heterocycles. The zero-order valence-corrected chi connectivity index (χ0v) is 20.1. The highest BCUT2D eigenvalue weighted by atomic mass is 16.5. The van der Waals surface area contributed by atoms with E-state index in [1.165, 1.54) is 38.8 Å². The normalized spacial score (nSPS) is 24.7. The van der Waals surface area contributed by atoms with Gasteiger partial charge >= 0.3 is 0 Å². The Bertz CT molecular complexity index is 1150. The van der Waals surface area contributed by atoms with Gasteiger partial charge in [0.25, 0.3) is 0 Å². The molecular weight excluding hydrogens is 426 g/mol. The van der Waals surface area contributed by atoms with Crippen LogP contribution in [0.1, 0.15) is 44.9 Å². The highest BCUT2D eigenvalue weighted by Gasteiger charge is 2.35. The molecule has 3 aliphatic heterocycles. The summed E-state index contributed by atoms with van der Waals surface area (Å²) in [6, 6.07) is 13.0. The fourth-order valence-electron chi connectivity index (χ4n) is 5.98. The van der Waals surface area contributed by atoms with Crippen molar-refractivity contribution in [3.63, 3.8) is 0 Å². The zero-order chi connectivity index (χ0) is 22.9. The average Bonchev–Trinajstić information content (AvgIpc) is 3.50. The molecule has 6 rings (SSSR count). The number of ether oxygens (including phenoxy) is 3. The number of hydrogen-bond donors (Lipinski definition) is 1. The number of benzene rings is 2. The van der Waals surface area contributed by atoms with Crippen LogP contribution in [0.25, 0.3) is 21.8 Å². The summed E-state index contributed by atoms with van der Waals surface area (Å²) in [5, 5.41) is 6.13. The van der Waals surface area contributed by atoms with Crippen LogP contribution in [0.4, 0.5) is 5.69 Å². The number of fused-ring (bicyclic) bond motifs is 4. The van der Waals surface area contributed by atoms with Gasteiger partial charge < -0.3 is 24.4 Å². The third-order valence-corrected chi connectivity index (χ3v) is 7.68. The minimum atomic E-state index is 0.394. The molecule has 0 amide bonds. The fourth-order valence-corrected chi connectivity index (χ4v) is 5.98. The van der Waals surface area contributed by atoms with E-state index >= 15 is 0 Å². The molecule has 6 heteroatoms. The topological polar surface area (TPSA) is 55.9 Å². The van der Waals surface area contributed by atoms with Crippen molar-refractivity contribution in [2.24, 2.45) is 0 Å². The number of nitrogens with zero attached hydrogens (tertiary/aromatic N) is 2. The molecule has 6 nitrogen and oxygen atoms in total. The maximum absolute atomic E-state index is 6.21. The number of anilines is 1. The molecule has 0 aliphatic carbocycles. The molecule has 0 saturated carbocycles. The maximum Gasteiger partial charge on any atom is 0.163 e. The fraction of sp³-hybridized carbons (Fsp3) is 0.536. The third-order valence-electron chi connectivity index (χ3n) is 7.68. The van der Waals surface area contributed by atoms with Crippen LogP contribution in [-0.2, 0) is 4.74 Å². The first-order valence-electron chi connectivity index (χ1n) is 12.9. The van der Waals surface area contributed by atoms with E-state index in [0.29, 0.717) is 24.9 Å². The van der Waals surface area contributed by atoms with E-state index in [0.717, 1.165) is 64.8 Å². The second-order valence-corrected chi connectivity index (χ2v) is 10.0. The number of hydrogen-bond acceptors (Lipinski definition) is 6. The van der Waals surface area contributed by atoms with E-state index in [1.807, 2.05) is 0 Å². The van der Waals surface area contributed by atoms with Crippen LogP contribution < -0.4 is 14.8 Å². The first-order chi connectivity index (χ1) is 16.8. The van der Waals surface area contributed by atoms with Gasteiger partial charge in [-0.1, -0.05) is 18.2 Å². The van der Waals surface area contributed by atoms with E-state index in [-0.39, 0.29) is 0 Å². The number of nitrogens with one attached hydrogen (secondary N) is 1. The van der Waals surface area contributed by atoms with Crippen molar-refractivity contribution >= 4 is 27.5 Å². The first kappa shape index (κ1) is 21.9. The molecule has 1 N–H and O–H groups in total. The average molecular weight is 462 g/mol. The van der Waals surface area contributed by atoms with Crippen molar-refractivity contribution in [1.29, 1.82) is 0 Å². The summed E-state index contributed by atoms with van der Waals surface area (Å²) in [6.07, 6.45) is 8.95. The van der Waals surface area contributed by atoms with E-state index in [2.05, 4.69) is 46.6 Å². The zero-order valence-electron chi connectivity index (χ0n) is 20.1. The van der Waals surface area contributed by atoms with Crippen molar-refractivity contribution in [1.82, 2.24) is 9.88 Å². The smallest absolute Gasteiger partial charge is 0.163 e. The Balaban J connectivity index is 1.30. The number of likely N-dealkylation sites (tertiary alicyclic amines) is 1. The van der Waals surface area contributed by atoms with Gasteiger partial charge in [0, 0.05) is 29.4 Å². The van der Waals surface area contributed by atoms with E-state index in [4.69, 9.17) is 19.2 Å². The lowest BCUT2D eigenvalue weighted by Gasteiger charge is -2.30. The lowest BCUT2D eigenvalue weighted by molar-refractivity contribution is 0.000737. The molecule has 2 aromatic carbocycles. The SMILES string of the molecule is COc1cc2c(NC3CC4CCC(C3)O4)c3ccccc3nc2cc1OCCCN1CCCC1. The minimum absolute atomic E-state index is 0.394. The number of rotatable bonds is 8. The molecule has 3 saturated heterocycles. The Morgan fingerprint density at radius 1 is 1.00 bits per heavy atom. The number of aromatic nitrogens is 1. The summed E-state index contributed by atoms with van der Waals surface area (Å²) in [7, 11) is 1.72. The summed E-state index contributed by atoms with van der Waals surface area (Å²) in [5.41, 5.74) is 3.08. The van der Waals surface area contributed by atoms with Crippen LogP contribution in [-0.4, -0.2) is 61.5 Å². The molecule has 0 radical (unpaired) electrons. The van der Waals surface area contributed by atoms with Crippen molar-refractivity contribution in [3.05, 3.63) is 36.4 Å². The predicted molar refractivity (Wildman–Crippen MR) is 136 cm³/mol. The van der Waals surface area contributed by atoms with Gasteiger partial charge in [-0.15, -0.1) is 0 Å². The number of methoxy groups -OCH3 is 1. The van der Waals surface area contributed by atoms with Crippen LogP contribution in [0.15, 0.2) is 36.4 Å². The van der Waals surface area contributed by atoms with E-state index in [9.17, 15) is 0 Å². The quantitative estimate of drug-likeness (QED) is 0.359. The van der Waals surface area contributed by atoms with Gasteiger partial charge in [0.1, 0.15) is 0 Å². The van der Waals surface area contributed by atoms with Crippen LogP contribution in [0.2, 0.25) is 0 Å². The standard InChI is InChI=1S/C28H35N3O3/c1-32-26-17-23-25(18-27(26)33-14-6-13-31-11-4-5-12-31)30-24-8-3-2-7-22(24)28(23)29-19-15-20-9-10-21(16-19)34-20/h2-3,7-8,17-21H,4-6,9-16H2,1H3,(H,29,30). The maximum atomic E-state index is 6.21. The Morgan fingerprint density at radius 2 is 1.79 bits per heavy atom. The Kier molecular flexibility index (Phi) is 6.18. The molecule has 2 unspecified atom stereocenters. The second kappa shape index (κ2) is 9.59. The summed E-state index contributed by atoms with van der Waals surface area (Å²) in [5.74, 6) is 1.54. The van der Waals surface area contributed by atoms with E-state index in [1.54, 1.807) is 7.11 Å². The monoisotopic (exact) mass is 461 g/mol. The largest absolute Gasteiger partial charge is 0.493 e. The minimum Gasteiger partial charge on any atom is -0.493 e. The molecular formula is C28H35N3O3. The molecule has 2 bridgehead atoms. The Morgan fingerprint density at radius 3 is 2.59 bits per heavy atom. The van der Waals surface area contributed by atoms with Crippen molar-refractivity contribution in [2.45, 2.75) is 63.2 Å². The molecule has 0 spiro atoms. The summed E-state index contributed by atoms with van der Waals surface area (Å²) in [6.45, 7) is 4.23. The summed E-state index contributed by atoms with van der Waals surface area (Å²) >= 11 is 0. The first-order valence-corrected chi connectivity index (χ1v) is 12.9. The van der Waals surface area contributed by atoms with Gasteiger partial charge in [0.15, 0.2) is 11.5 Å². The molecule has 2 atom stereocenters. The summed E-state index contributed by atoms with van der Waals surface area (Å²) in [4.78, 5) is 7.52. The van der Waals surface area contributed by atoms with Crippen LogP contribution in [0.5, 0.6) is 11.5 Å². The summed E-state index contributed by atoms with van der Waals surface area (Å²) < 4.78 is 18.1. The van der Waals surface area contributed by atoms with Gasteiger partial charge in [0.05, 0.1) is 42.6 Å². The van der Waals surface area contributed by atoms with Crippen LogP contribution in [0, 0.1) is 0 Å². The van der Waals surface area contributed by atoms with Crippen molar-refractivity contribution in [2.75, 3.05) is 38.7 Å². The van der Waals surface area contributed by atoms with Crippen molar-refractivity contribution in [3.8, 4) is 11.5 Å². The lowest BCUT2D eigenvalue weighted by Crippen LogP contribution is -2.34.